The molecule has 1 rings (SSSR count). The molecule has 0 aliphatic rings. The third-order valence-electron chi connectivity index (χ3n) is 2.16. The molecular formula is C10H13Cl2NO2S. The van der Waals surface area contributed by atoms with Crippen LogP contribution in [-0.2, 0) is 10.0 Å². The highest BCUT2D eigenvalue weighted by molar-refractivity contribution is 7.89. The van der Waals surface area contributed by atoms with Gasteiger partial charge in [0.05, 0.1) is 10.0 Å². The summed E-state index contributed by atoms with van der Waals surface area (Å²) in [4.78, 5) is -0.0568. The van der Waals surface area contributed by atoms with Gasteiger partial charge < -0.3 is 0 Å². The Labute approximate surface area is 106 Å². The molecule has 1 aromatic rings. The van der Waals surface area contributed by atoms with E-state index in [9.17, 15) is 8.42 Å². The van der Waals surface area contributed by atoms with E-state index in [4.69, 9.17) is 23.2 Å². The largest absolute Gasteiger partial charge is 0.243 e. The zero-order valence-corrected chi connectivity index (χ0v) is 11.3. The van der Waals surface area contributed by atoms with Crippen molar-refractivity contribution in [2.24, 2.45) is 0 Å². The Morgan fingerprint density at radius 1 is 1.31 bits per heavy atom. The van der Waals surface area contributed by atoms with Gasteiger partial charge in [-0.3, -0.25) is 0 Å². The average Bonchev–Trinajstić information content (AvgIpc) is 2.16. The van der Waals surface area contributed by atoms with Crippen molar-refractivity contribution in [3.8, 4) is 0 Å². The topological polar surface area (TPSA) is 46.2 Å². The summed E-state index contributed by atoms with van der Waals surface area (Å²) in [7, 11) is -3.65. The minimum atomic E-state index is -3.65. The maximum absolute atomic E-state index is 12.0. The predicted octanol–water partition coefficient (Wildman–Crippen LogP) is 3.07. The smallest absolute Gasteiger partial charge is 0.208 e. The van der Waals surface area contributed by atoms with Crippen LogP contribution < -0.4 is 4.72 Å². The number of hydrogen-bond donors (Lipinski definition) is 1. The Kier molecular flexibility index (Phi) is 4.62. The van der Waals surface area contributed by atoms with E-state index in [2.05, 4.69) is 4.72 Å². The lowest BCUT2D eigenvalue weighted by atomic mass is 10.3. The molecule has 0 aliphatic carbocycles. The average molecular weight is 282 g/mol. The number of halogens is 2. The second-order valence-corrected chi connectivity index (χ2v) is 5.95. The molecule has 0 saturated carbocycles. The lowest BCUT2D eigenvalue weighted by Gasteiger charge is -2.13. The molecule has 0 unspecified atom stereocenters. The number of nitrogens with one attached hydrogen (secondary N) is 1. The van der Waals surface area contributed by atoms with Gasteiger partial charge in [-0.2, -0.15) is 0 Å². The van der Waals surface area contributed by atoms with E-state index in [1.165, 1.54) is 12.1 Å². The summed E-state index contributed by atoms with van der Waals surface area (Å²) in [5, 5.41) is 0.256. The highest BCUT2D eigenvalue weighted by atomic mass is 35.5. The highest BCUT2D eigenvalue weighted by Gasteiger charge is 2.22. The fraction of sp³-hybridized carbons (Fsp3) is 0.400. The zero-order valence-electron chi connectivity index (χ0n) is 9.00. The first-order valence-corrected chi connectivity index (χ1v) is 7.08. The first kappa shape index (κ1) is 13.8. The Bertz CT molecular complexity index is 453. The first-order chi connectivity index (χ1) is 7.38. The summed E-state index contributed by atoms with van der Waals surface area (Å²) in [5.41, 5.74) is 0. The van der Waals surface area contributed by atoms with Crippen molar-refractivity contribution in [1.29, 1.82) is 0 Å². The molecule has 3 nitrogen and oxygen atoms in total. The van der Waals surface area contributed by atoms with Crippen molar-refractivity contribution in [1.82, 2.24) is 4.72 Å². The maximum Gasteiger partial charge on any atom is 0.243 e. The van der Waals surface area contributed by atoms with Gasteiger partial charge in [0, 0.05) is 6.04 Å². The van der Waals surface area contributed by atoms with Crippen LogP contribution in [-0.4, -0.2) is 14.5 Å². The lowest BCUT2D eigenvalue weighted by molar-refractivity contribution is 0.556. The van der Waals surface area contributed by atoms with Crippen LogP contribution in [0.15, 0.2) is 23.1 Å². The van der Waals surface area contributed by atoms with E-state index in [0.29, 0.717) is 6.42 Å². The van der Waals surface area contributed by atoms with E-state index in [1.807, 2.05) is 6.92 Å². The summed E-state index contributed by atoms with van der Waals surface area (Å²) in [6.07, 6.45) is 0.696. The van der Waals surface area contributed by atoms with Gasteiger partial charge in [-0.15, -0.1) is 0 Å². The van der Waals surface area contributed by atoms with Crippen molar-refractivity contribution in [2.75, 3.05) is 0 Å². The molecule has 0 spiro atoms. The van der Waals surface area contributed by atoms with E-state index >= 15 is 0 Å². The molecule has 0 radical (unpaired) electrons. The maximum atomic E-state index is 12.0. The molecule has 0 aliphatic heterocycles. The fourth-order valence-electron chi connectivity index (χ4n) is 1.15. The van der Waals surface area contributed by atoms with Crippen LogP contribution in [0.25, 0.3) is 0 Å². The molecule has 6 heteroatoms. The minimum Gasteiger partial charge on any atom is -0.208 e. The fourth-order valence-corrected chi connectivity index (χ4v) is 3.62. The number of benzene rings is 1. The van der Waals surface area contributed by atoms with Crippen molar-refractivity contribution in [2.45, 2.75) is 31.2 Å². The predicted molar refractivity (Wildman–Crippen MR) is 66.5 cm³/mol. The quantitative estimate of drug-likeness (QED) is 0.922. The molecule has 0 fully saturated rings. The highest BCUT2D eigenvalue weighted by Crippen LogP contribution is 2.28. The summed E-state index contributed by atoms with van der Waals surface area (Å²) < 4.78 is 26.4. The summed E-state index contributed by atoms with van der Waals surface area (Å²) >= 11 is 11.7. The number of hydrogen-bond acceptors (Lipinski definition) is 2. The first-order valence-electron chi connectivity index (χ1n) is 4.84. The molecule has 0 heterocycles. The van der Waals surface area contributed by atoms with Crippen LogP contribution in [0.4, 0.5) is 0 Å². The van der Waals surface area contributed by atoms with Crippen LogP contribution >= 0.6 is 23.2 Å². The summed E-state index contributed by atoms with van der Waals surface area (Å²) in [6.45, 7) is 3.67. The normalized spacial score (nSPS) is 13.8. The number of rotatable bonds is 4. The van der Waals surface area contributed by atoms with Crippen LogP contribution in [0.3, 0.4) is 0 Å². The molecule has 90 valence electrons. The van der Waals surface area contributed by atoms with E-state index < -0.39 is 10.0 Å². The summed E-state index contributed by atoms with van der Waals surface area (Å²) in [5.74, 6) is 0. The van der Waals surface area contributed by atoms with Crippen LogP contribution in [0, 0.1) is 0 Å². The molecule has 0 aromatic heterocycles. The van der Waals surface area contributed by atoms with Crippen molar-refractivity contribution >= 4 is 33.2 Å². The van der Waals surface area contributed by atoms with Gasteiger partial charge in [-0.05, 0) is 25.5 Å². The second kappa shape index (κ2) is 5.36. The van der Waals surface area contributed by atoms with E-state index in [-0.39, 0.29) is 21.0 Å². The molecule has 0 amide bonds. The SMILES string of the molecule is CC[C@@H](C)NS(=O)(=O)c1c(Cl)cccc1Cl. The van der Waals surface area contributed by atoms with Crippen LogP contribution in [0.5, 0.6) is 0 Å². The molecule has 16 heavy (non-hydrogen) atoms. The van der Waals surface area contributed by atoms with Crippen molar-refractivity contribution < 1.29 is 8.42 Å². The van der Waals surface area contributed by atoms with E-state index in [0.717, 1.165) is 0 Å². The van der Waals surface area contributed by atoms with Gasteiger partial charge in [0.1, 0.15) is 4.90 Å². The monoisotopic (exact) mass is 281 g/mol. The van der Waals surface area contributed by atoms with Gasteiger partial charge in [0.15, 0.2) is 0 Å². The minimum absolute atomic E-state index is 0.0568. The van der Waals surface area contributed by atoms with Gasteiger partial charge in [0.25, 0.3) is 0 Å². The van der Waals surface area contributed by atoms with Gasteiger partial charge in [-0.1, -0.05) is 36.2 Å². The van der Waals surface area contributed by atoms with Gasteiger partial charge >= 0.3 is 0 Å². The Balaban J connectivity index is 3.17. The lowest BCUT2D eigenvalue weighted by Crippen LogP contribution is -2.32. The molecule has 1 atom stereocenters. The van der Waals surface area contributed by atoms with Crippen molar-refractivity contribution in [3.63, 3.8) is 0 Å². The Morgan fingerprint density at radius 3 is 2.25 bits per heavy atom. The van der Waals surface area contributed by atoms with E-state index in [1.54, 1.807) is 13.0 Å². The Hall–Kier alpha value is -0.290. The van der Waals surface area contributed by atoms with Crippen LogP contribution in [0.1, 0.15) is 20.3 Å². The standard InChI is InChI=1S/C10H13Cl2NO2S/c1-3-7(2)13-16(14,15)10-8(11)5-4-6-9(10)12/h4-7,13H,3H2,1-2H3/t7-/m1/s1. The molecule has 1 aromatic carbocycles. The molecular weight excluding hydrogens is 269 g/mol. The van der Waals surface area contributed by atoms with Crippen LogP contribution in [0.2, 0.25) is 10.0 Å². The third kappa shape index (κ3) is 3.10. The molecule has 0 saturated heterocycles. The van der Waals surface area contributed by atoms with Crippen molar-refractivity contribution in [3.05, 3.63) is 28.2 Å². The molecule has 0 bridgehead atoms. The Morgan fingerprint density at radius 2 is 1.81 bits per heavy atom. The second-order valence-electron chi connectivity index (χ2n) is 3.48. The van der Waals surface area contributed by atoms with Gasteiger partial charge in [-0.25, -0.2) is 13.1 Å². The van der Waals surface area contributed by atoms with Gasteiger partial charge in [0.2, 0.25) is 10.0 Å². The summed E-state index contributed by atoms with van der Waals surface area (Å²) in [6, 6.07) is 4.45. The number of sulfonamides is 1. The zero-order chi connectivity index (χ0) is 12.3. The molecule has 1 N–H and O–H groups in total. The third-order valence-corrected chi connectivity index (χ3v) is 4.70.